The van der Waals surface area contributed by atoms with E-state index in [4.69, 9.17) is 9.72 Å². The van der Waals surface area contributed by atoms with Crippen LogP contribution in [0.2, 0.25) is 0 Å². The van der Waals surface area contributed by atoms with Crippen LogP contribution in [0.15, 0.2) is 24.3 Å². The second-order valence-electron chi connectivity index (χ2n) is 6.99. The summed E-state index contributed by atoms with van der Waals surface area (Å²) in [5.74, 6) is 1.84. The third-order valence-electron chi connectivity index (χ3n) is 5.17. The first kappa shape index (κ1) is 17.9. The summed E-state index contributed by atoms with van der Waals surface area (Å²) in [6.45, 7) is 1.72. The van der Waals surface area contributed by atoms with Gasteiger partial charge in [0.2, 0.25) is 5.91 Å². The molecular formula is C20H29N3O2. The normalized spacial score (nSPS) is 15.6. The van der Waals surface area contributed by atoms with Crippen molar-refractivity contribution in [1.29, 1.82) is 0 Å². The van der Waals surface area contributed by atoms with E-state index in [1.165, 1.54) is 51.2 Å². The maximum absolute atomic E-state index is 11.6. The Bertz CT molecular complexity index is 689. The van der Waals surface area contributed by atoms with E-state index in [2.05, 4.69) is 28.1 Å². The van der Waals surface area contributed by atoms with Gasteiger partial charge in [-0.1, -0.05) is 44.2 Å². The molecule has 1 heterocycles. The lowest BCUT2D eigenvalue weighted by molar-refractivity contribution is -0.124. The molecule has 1 aromatic carbocycles. The molecule has 0 spiro atoms. The molecule has 5 nitrogen and oxygen atoms in total. The van der Waals surface area contributed by atoms with Crippen molar-refractivity contribution in [3.05, 3.63) is 30.1 Å². The Morgan fingerprint density at radius 1 is 1.28 bits per heavy atom. The molecule has 1 fully saturated rings. The molecule has 1 aliphatic rings. The average Bonchev–Trinajstić information content (AvgIpc) is 2.98. The third kappa shape index (κ3) is 4.82. The lowest BCUT2D eigenvalue weighted by Gasteiger charge is -2.22. The van der Waals surface area contributed by atoms with E-state index >= 15 is 0 Å². The third-order valence-corrected chi connectivity index (χ3v) is 5.17. The lowest BCUT2D eigenvalue weighted by Crippen LogP contribution is -2.29. The van der Waals surface area contributed by atoms with Crippen molar-refractivity contribution in [3.63, 3.8) is 0 Å². The molecule has 0 unspecified atom stereocenters. The molecule has 0 bridgehead atoms. The fourth-order valence-corrected chi connectivity index (χ4v) is 3.85. The van der Waals surface area contributed by atoms with E-state index in [9.17, 15) is 4.79 Å². The fraction of sp³-hybridized carbons (Fsp3) is 0.600. The molecule has 3 rings (SSSR count). The molecule has 1 amide bonds. The average molecular weight is 343 g/mol. The summed E-state index contributed by atoms with van der Waals surface area (Å²) in [5.41, 5.74) is 2.25. The van der Waals surface area contributed by atoms with E-state index in [-0.39, 0.29) is 12.5 Å². The summed E-state index contributed by atoms with van der Waals surface area (Å²) in [5, 5.41) is 2.89. The molecule has 0 radical (unpaired) electrons. The van der Waals surface area contributed by atoms with Gasteiger partial charge in [-0.05, 0) is 24.5 Å². The van der Waals surface area contributed by atoms with E-state index in [0.717, 1.165) is 30.2 Å². The van der Waals surface area contributed by atoms with Crippen LogP contribution in [0.5, 0.6) is 0 Å². The number of aryl methyl sites for hydroxylation is 1. The number of amides is 1. The number of benzene rings is 1. The number of carbonyl (C=O) groups excluding carboxylic acids is 1. The van der Waals surface area contributed by atoms with Gasteiger partial charge in [0.1, 0.15) is 12.4 Å². The molecule has 2 aromatic rings. The number of fused-ring (bicyclic) bond motifs is 1. The van der Waals surface area contributed by atoms with Crippen LogP contribution in [-0.2, 0) is 22.5 Å². The highest BCUT2D eigenvalue weighted by molar-refractivity contribution is 5.77. The number of rotatable bonds is 8. The topological polar surface area (TPSA) is 56.1 Å². The standard InChI is InChI=1S/C20H29N3O2/c1-25-15-20(24)21-13-11-19-22-17-9-5-6-10-18(17)23(19)14-12-16-7-3-2-4-8-16/h5-6,9-10,16H,2-4,7-8,11-15H2,1H3,(H,21,24). The van der Waals surface area contributed by atoms with Crippen LogP contribution >= 0.6 is 0 Å². The van der Waals surface area contributed by atoms with Gasteiger partial charge in [-0.3, -0.25) is 4.79 Å². The van der Waals surface area contributed by atoms with Crippen LogP contribution < -0.4 is 5.32 Å². The first-order valence-corrected chi connectivity index (χ1v) is 9.47. The Morgan fingerprint density at radius 3 is 2.88 bits per heavy atom. The highest BCUT2D eigenvalue weighted by atomic mass is 16.5. The quantitative estimate of drug-likeness (QED) is 0.800. The highest BCUT2D eigenvalue weighted by Gasteiger charge is 2.16. The van der Waals surface area contributed by atoms with Crippen LogP contribution in [0.4, 0.5) is 0 Å². The number of methoxy groups -OCH3 is 1. The van der Waals surface area contributed by atoms with E-state index < -0.39 is 0 Å². The molecule has 0 aliphatic heterocycles. The Kier molecular flexibility index (Phi) is 6.45. The predicted octanol–water partition coefficient (Wildman–Crippen LogP) is 3.31. The first-order chi connectivity index (χ1) is 12.3. The van der Waals surface area contributed by atoms with Crippen molar-refractivity contribution in [1.82, 2.24) is 14.9 Å². The minimum Gasteiger partial charge on any atom is -0.375 e. The minimum absolute atomic E-state index is 0.0765. The molecule has 5 heteroatoms. The number of ether oxygens (including phenoxy) is 1. The van der Waals surface area contributed by atoms with Gasteiger partial charge >= 0.3 is 0 Å². The van der Waals surface area contributed by atoms with Gasteiger partial charge in [-0.25, -0.2) is 4.98 Å². The summed E-state index contributed by atoms with van der Waals surface area (Å²) in [6, 6.07) is 8.33. The van der Waals surface area contributed by atoms with Crippen molar-refractivity contribution in [2.45, 2.75) is 51.5 Å². The minimum atomic E-state index is -0.0765. The van der Waals surface area contributed by atoms with Gasteiger partial charge in [0.15, 0.2) is 0 Å². The Balaban J connectivity index is 1.67. The zero-order chi connectivity index (χ0) is 17.5. The van der Waals surface area contributed by atoms with Crippen LogP contribution in [0, 0.1) is 5.92 Å². The molecule has 136 valence electrons. The van der Waals surface area contributed by atoms with Crippen molar-refractivity contribution in [2.75, 3.05) is 20.3 Å². The predicted molar refractivity (Wildman–Crippen MR) is 99.5 cm³/mol. The van der Waals surface area contributed by atoms with Gasteiger partial charge in [0.05, 0.1) is 11.0 Å². The Morgan fingerprint density at radius 2 is 2.08 bits per heavy atom. The van der Waals surface area contributed by atoms with E-state index in [0.29, 0.717) is 6.54 Å². The van der Waals surface area contributed by atoms with Gasteiger partial charge in [0.25, 0.3) is 0 Å². The number of hydrogen-bond donors (Lipinski definition) is 1. The van der Waals surface area contributed by atoms with Crippen molar-refractivity contribution in [2.24, 2.45) is 5.92 Å². The number of imidazole rings is 1. The molecule has 1 aliphatic carbocycles. The smallest absolute Gasteiger partial charge is 0.245 e. The maximum Gasteiger partial charge on any atom is 0.245 e. The first-order valence-electron chi connectivity index (χ1n) is 9.47. The maximum atomic E-state index is 11.6. The van der Waals surface area contributed by atoms with Crippen LogP contribution in [-0.4, -0.2) is 35.7 Å². The zero-order valence-electron chi connectivity index (χ0n) is 15.2. The number of nitrogens with one attached hydrogen (secondary N) is 1. The molecule has 25 heavy (non-hydrogen) atoms. The number of aromatic nitrogens is 2. The van der Waals surface area contributed by atoms with Gasteiger partial charge in [-0.2, -0.15) is 0 Å². The summed E-state index contributed by atoms with van der Waals surface area (Å²) in [4.78, 5) is 16.4. The number of nitrogens with zero attached hydrogens (tertiary/aromatic N) is 2. The van der Waals surface area contributed by atoms with E-state index in [1.807, 2.05) is 6.07 Å². The zero-order valence-corrected chi connectivity index (χ0v) is 15.2. The summed E-state index contributed by atoms with van der Waals surface area (Å²) >= 11 is 0. The molecule has 1 saturated carbocycles. The van der Waals surface area contributed by atoms with Crippen molar-refractivity contribution in [3.8, 4) is 0 Å². The van der Waals surface area contributed by atoms with Gasteiger partial charge in [0, 0.05) is 26.6 Å². The van der Waals surface area contributed by atoms with Crippen molar-refractivity contribution < 1.29 is 9.53 Å². The second-order valence-corrected chi connectivity index (χ2v) is 6.99. The molecule has 1 aromatic heterocycles. The molecule has 0 atom stereocenters. The number of para-hydroxylation sites is 2. The highest BCUT2D eigenvalue weighted by Crippen LogP contribution is 2.27. The SMILES string of the molecule is COCC(=O)NCCc1nc2ccccc2n1CCC1CCCCC1. The Hall–Kier alpha value is -1.88. The van der Waals surface area contributed by atoms with Crippen molar-refractivity contribution >= 4 is 16.9 Å². The van der Waals surface area contributed by atoms with Gasteiger partial charge < -0.3 is 14.6 Å². The number of carbonyl (C=O) groups is 1. The molecule has 0 saturated heterocycles. The van der Waals surface area contributed by atoms with Gasteiger partial charge in [-0.15, -0.1) is 0 Å². The number of hydrogen-bond acceptors (Lipinski definition) is 3. The summed E-state index contributed by atoms with van der Waals surface area (Å²) in [6.07, 6.45) is 8.88. The summed E-state index contributed by atoms with van der Waals surface area (Å²) in [7, 11) is 1.53. The van der Waals surface area contributed by atoms with Crippen LogP contribution in [0.25, 0.3) is 11.0 Å². The molecule has 1 N–H and O–H groups in total. The van der Waals surface area contributed by atoms with E-state index in [1.54, 1.807) is 0 Å². The van der Waals surface area contributed by atoms with Crippen LogP contribution in [0.1, 0.15) is 44.3 Å². The summed E-state index contributed by atoms with van der Waals surface area (Å²) < 4.78 is 7.20. The second kappa shape index (κ2) is 8.99. The molecular weight excluding hydrogens is 314 g/mol. The van der Waals surface area contributed by atoms with Crippen LogP contribution in [0.3, 0.4) is 0 Å². The monoisotopic (exact) mass is 343 g/mol. The fourth-order valence-electron chi connectivity index (χ4n) is 3.85. The largest absolute Gasteiger partial charge is 0.375 e. The lowest BCUT2D eigenvalue weighted by atomic mass is 9.87. The Labute approximate surface area is 149 Å².